The average Bonchev–Trinajstić information content (AvgIpc) is 0.898. The topological polar surface area (TPSA) is 231 Å². The highest BCUT2D eigenvalue weighted by Crippen LogP contribution is 2.45. The molecule has 0 amide bonds. The molecule has 16 nitrogen and oxygen atoms in total. The lowest BCUT2D eigenvalue weighted by atomic mass is 10.0. The Morgan fingerprint density at radius 2 is 0.387 bits per heavy atom. The van der Waals surface area contributed by atoms with Gasteiger partial charge in [0.15, 0.2) is 6.10 Å². The van der Waals surface area contributed by atoms with Gasteiger partial charge in [0.25, 0.3) is 0 Å². The lowest BCUT2D eigenvalue weighted by molar-refractivity contribution is -0.161. The van der Waals surface area contributed by atoms with Crippen molar-refractivity contribution in [1.82, 2.24) is 0 Å². The molecule has 0 radical (unpaired) electrons. The third-order valence-corrected chi connectivity index (χ3v) is 25.7. The lowest BCUT2D eigenvalue weighted by Crippen LogP contribution is -2.30. The van der Waals surface area contributed by atoms with E-state index in [1.807, 2.05) is 0 Å². The number of aliphatic hydroxyl groups excluding tert-OH is 2. The van der Waals surface area contributed by atoms with Gasteiger partial charge in [0.1, 0.15) is 25.4 Å². The van der Waals surface area contributed by atoms with E-state index in [0.29, 0.717) is 19.3 Å². The van der Waals surface area contributed by atoms with E-state index in [2.05, 4.69) is 215 Å². The molecule has 0 aliphatic heterocycles. The van der Waals surface area contributed by atoms with Crippen LogP contribution in [0.1, 0.15) is 483 Å². The summed E-state index contributed by atoms with van der Waals surface area (Å²) in [5.41, 5.74) is 0. The van der Waals surface area contributed by atoms with E-state index in [-0.39, 0.29) is 19.3 Å². The molecule has 18 heteroatoms. The molecule has 0 aromatic carbocycles. The van der Waals surface area contributed by atoms with Crippen molar-refractivity contribution in [2.45, 2.75) is 501 Å². The molecule has 137 heavy (non-hydrogen) atoms. The fourth-order valence-electron chi connectivity index (χ4n) is 15.5. The van der Waals surface area contributed by atoms with E-state index >= 15 is 0 Å². The molecule has 0 saturated heterocycles. The van der Waals surface area contributed by atoms with Crippen LogP contribution in [-0.4, -0.2) is 95.9 Å². The Morgan fingerprint density at radius 3 is 0.613 bits per heavy atom. The summed E-state index contributed by atoms with van der Waals surface area (Å²) in [6, 6.07) is 0. The van der Waals surface area contributed by atoms with Crippen LogP contribution in [0.3, 0.4) is 0 Å². The number of hydrogen-bond acceptors (Lipinski definition) is 14. The van der Waals surface area contributed by atoms with Crippen LogP contribution < -0.4 is 0 Å². The zero-order chi connectivity index (χ0) is 99.2. The quantitative estimate of drug-likeness (QED) is 0.0146. The van der Waals surface area contributed by atoms with Crippen LogP contribution in [-0.2, 0) is 55.8 Å². The second-order valence-corrected chi connectivity index (χ2v) is 40.0. The summed E-state index contributed by atoms with van der Waals surface area (Å²) in [5, 5.41) is 20.8. The Morgan fingerprint density at radius 1 is 0.212 bits per heavy atom. The van der Waals surface area contributed by atoms with Crippen LogP contribution in [0.4, 0.5) is 0 Å². The van der Waals surface area contributed by atoms with E-state index in [9.17, 15) is 43.5 Å². The predicted molar refractivity (Wildman–Crippen MR) is 583 cm³/mol. The molecule has 0 aromatic heterocycles. The van der Waals surface area contributed by atoms with Crippen molar-refractivity contribution in [1.29, 1.82) is 0 Å². The maximum absolute atomic E-state index is 13.2. The highest BCUT2D eigenvalue weighted by atomic mass is 31.2. The van der Waals surface area contributed by atoms with Crippen molar-refractivity contribution in [2.24, 2.45) is 0 Å². The minimum atomic E-state index is -4.95. The summed E-state index contributed by atoms with van der Waals surface area (Å²) in [6.07, 6.45) is 148. The van der Waals surface area contributed by atoms with Gasteiger partial charge in [-0.1, -0.05) is 491 Å². The first-order valence-corrected chi connectivity index (χ1v) is 58.7. The largest absolute Gasteiger partial charge is 0.472 e. The number of unbranched alkanes of at least 4 members (excludes halogenated alkanes) is 50. The monoisotopic (exact) mass is 1950 g/mol. The van der Waals surface area contributed by atoms with Gasteiger partial charge in [-0.25, -0.2) is 9.13 Å². The highest BCUT2D eigenvalue weighted by Gasteiger charge is 2.30. The number of ether oxygens (including phenoxy) is 3. The molecular weight excluding hydrogens is 1750 g/mol. The summed E-state index contributed by atoms with van der Waals surface area (Å²) in [5.74, 6) is -1.55. The van der Waals surface area contributed by atoms with E-state index in [4.69, 9.17) is 32.3 Å². The molecule has 0 aromatic rings. The van der Waals surface area contributed by atoms with Gasteiger partial charge < -0.3 is 34.2 Å². The first kappa shape index (κ1) is 131. The second-order valence-electron chi connectivity index (χ2n) is 37.1. The van der Waals surface area contributed by atoms with Crippen molar-refractivity contribution < 1.29 is 75.8 Å². The number of phosphoric acid groups is 2. The number of carbonyl (C=O) groups excluding carboxylic acids is 3. The normalized spacial score (nSPS) is 14.3. The van der Waals surface area contributed by atoms with Crippen molar-refractivity contribution in [3.63, 3.8) is 0 Å². The van der Waals surface area contributed by atoms with E-state index in [0.717, 1.165) is 161 Å². The van der Waals surface area contributed by atoms with Gasteiger partial charge in [-0.2, -0.15) is 0 Å². The summed E-state index contributed by atoms with van der Waals surface area (Å²) >= 11 is 0. The third kappa shape index (κ3) is 111. The molecule has 0 saturated carbocycles. The van der Waals surface area contributed by atoms with Gasteiger partial charge in [-0.3, -0.25) is 32.5 Å². The van der Waals surface area contributed by atoms with E-state index in [1.54, 1.807) is 0 Å². The van der Waals surface area contributed by atoms with Crippen LogP contribution in [0.15, 0.2) is 194 Å². The number of hydrogen-bond donors (Lipinski definition) is 4. The minimum absolute atomic E-state index is 0.102. The molecule has 5 atom stereocenters. The van der Waals surface area contributed by atoms with Crippen LogP contribution in [0.2, 0.25) is 0 Å². The van der Waals surface area contributed by atoms with Gasteiger partial charge in [0.2, 0.25) is 0 Å². The summed E-state index contributed by atoms with van der Waals surface area (Å²) < 4.78 is 61.9. The van der Waals surface area contributed by atoms with E-state index in [1.165, 1.54) is 263 Å². The molecule has 0 heterocycles. The summed E-state index contributed by atoms with van der Waals surface area (Å²) in [4.78, 5) is 59.4. The maximum Gasteiger partial charge on any atom is 0.472 e. The first-order chi connectivity index (χ1) is 67.2. The molecule has 0 rings (SSSR count). The number of aliphatic hydroxyl groups is 2. The Kier molecular flexibility index (Phi) is 105. The fraction of sp³-hybridized carbons (Fsp3) is 0.706. The summed E-state index contributed by atoms with van der Waals surface area (Å²) in [6.45, 7) is 2.52. The smallest absolute Gasteiger partial charge is 0.463 e. The highest BCUT2D eigenvalue weighted by molar-refractivity contribution is 7.47. The third-order valence-electron chi connectivity index (χ3n) is 23.8. The average molecular weight is 1950 g/mol. The number of esters is 3. The number of allylic oxidation sites excluding steroid dienone is 32. The Labute approximate surface area is 839 Å². The SMILES string of the molecule is CC/C=C\C/C=C\C/C=C\C/C=C\C/C=C\C/C=C\CCCCCCCCCCCCCCCCCCC(=O)OCC(O)COP(=O)(O)OCC(O)COP(=O)(O)OCC(COC(=O)CCCCCCCCCCCCCCCCCC/C=C\C/C=C\C/C=C\C/C=C\C/C=C\C/C=C\CC)OC(=O)CCCCCCCCCCCCCCCCC/C=C\C/C=C\C/C=C\C/C=C\CCCCC. The Hall–Kier alpha value is -5.61. The van der Waals surface area contributed by atoms with Crippen LogP contribution >= 0.6 is 15.6 Å². The van der Waals surface area contributed by atoms with Crippen molar-refractivity contribution in [3.8, 4) is 0 Å². The second kappa shape index (κ2) is 109. The minimum Gasteiger partial charge on any atom is -0.463 e. The van der Waals surface area contributed by atoms with Gasteiger partial charge >= 0.3 is 33.6 Å². The molecular formula is C119H204O16P2. The van der Waals surface area contributed by atoms with Gasteiger partial charge in [0.05, 0.1) is 26.4 Å². The molecule has 4 N–H and O–H groups in total. The molecule has 0 fully saturated rings. The van der Waals surface area contributed by atoms with Crippen LogP contribution in [0, 0.1) is 0 Å². The number of carbonyl (C=O) groups is 3. The Bertz CT molecular complexity index is 3270. The van der Waals surface area contributed by atoms with E-state index < -0.39 is 91.5 Å². The standard InChI is InChI=1S/C119H204O16P2/c1-4-7-10-13-16-19-22-25-28-31-34-37-40-43-46-49-52-54-56-58-61-63-66-69-72-75-78-81-84-87-90-93-96-99-102-105-117(122)129-108-114(120)109-131-136(125,126)132-110-115(121)111-133-137(127,128)134-113-116(135-119(124)107-104-101-98-95-92-89-86-83-80-77-74-71-68-65-60-51-48-45-42-39-36-33-30-27-24-21-18-15-12-9-6-3)112-130-118(123)106-103-100-97-94-91-88-85-82-79-76-73-70-67-64-62-59-57-55-53-50-47-44-41-38-35-32-29-26-23-20-17-14-11-8-5-2/h7-8,10-11,16-21,25-30,34-39,43-48,52-55,114-116,120-121H,4-6,9,12-15,22-24,31-33,40-42,49-51,56-113H2,1-3H3,(H,125,126)(H,127,128)/b10-7-,11-8-,19-16-,20-17-,21-18-,28-25-,29-26-,30-27-,37-34-,38-35-,39-36-,46-43-,47-44-,48-45-,54-52-,55-53-. The number of rotatable bonds is 105. The molecule has 0 bridgehead atoms. The zero-order valence-electron chi connectivity index (χ0n) is 87.4. The summed E-state index contributed by atoms with van der Waals surface area (Å²) in [7, 11) is -9.82. The molecule has 5 unspecified atom stereocenters. The van der Waals surface area contributed by atoms with Crippen molar-refractivity contribution >= 4 is 33.6 Å². The molecule has 0 aliphatic carbocycles. The molecule has 786 valence electrons. The fourth-order valence-corrected chi connectivity index (χ4v) is 17.0. The first-order valence-electron chi connectivity index (χ1n) is 55.7. The Balaban J connectivity index is 4.60. The maximum atomic E-state index is 13.2. The van der Waals surface area contributed by atoms with Crippen LogP contribution in [0.5, 0.6) is 0 Å². The zero-order valence-corrected chi connectivity index (χ0v) is 89.2. The predicted octanol–water partition coefficient (Wildman–Crippen LogP) is 36.0. The number of phosphoric ester groups is 2. The van der Waals surface area contributed by atoms with Gasteiger partial charge in [-0.05, 0) is 167 Å². The van der Waals surface area contributed by atoms with Crippen molar-refractivity contribution in [3.05, 3.63) is 194 Å². The lowest BCUT2D eigenvalue weighted by Gasteiger charge is -2.21. The molecule has 0 spiro atoms. The molecule has 0 aliphatic rings. The van der Waals surface area contributed by atoms with Crippen LogP contribution in [0.25, 0.3) is 0 Å². The van der Waals surface area contributed by atoms with Gasteiger partial charge in [0, 0.05) is 19.3 Å². The van der Waals surface area contributed by atoms with Gasteiger partial charge in [-0.15, -0.1) is 0 Å². The van der Waals surface area contributed by atoms with Crippen molar-refractivity contribution in [2.75, 3.05) is 39.6 Å².